The van der Waals surface area contributed by atoms with Crippen molar-refractivity contribution in [2.75, 3.05) is 0 Å². The van der Waals surface area contributed by atoms with Gasteiger partial charge in [0.2, 0.25) is 0 Å². The van der Waals surface area contributed by atoms with E-state index in [0.29, 0.717) is 5.92 Å². The lowest BCUT2D eigenvalue weighted by Gasteiger charge is -2.37. The van der Waals surface area contributed by atoms with E-state index in [2.05, 4.69) is 19.0 Å². The van der Waals surface area contributed by atoms with Crippen molar-refractivity contribution in [3.63, 3.8) is 0 Å². The first-order chi connectivity index (χ1) is 5.79. The first-order valence-corrected chi connectivity index (χ1v) is 5.13. The highest BCUT2D eigenvalue weighted by Gasteiger charge is 2.39. The van der Waals surface area contributed by atoms with Crippen LogP contribution in [0.3, 0.4) is 0 Å². The van der Waals surface area contributed by atoms with Crippen LogP contribution < -0.4 is 0 Å². The van der Waals surface area contributed by atoms with E-state index >= 15 is 0 Å². The van der Waals surface area contributed by atoms with Gasteiger partial charge in [-0.15, -0.1) is 0 Å². The summed E-state index contributed by atoms with van der Waals surface area (Å²) < 4.78 is 0. The number of hydrogen-bond donors (Lipinski definition) is 0. The summed E-state index contributed by atoms with van der Waals surface area (Å²) in [7, 11) is 0. The molecule has 0 heterocycles. The molecule has 2 heteroatoms. The summed E-state index contributed by atoms with van der Waals surface area (Å²) in [5.41, 5.74) is -0.201. The van der Waals surface area contributed by atoms with Crippen LogP contribution in [0.15, 0.2) is 5.18 Å². The van der Waals surface area contributed by atoms with Gasteiger partial charge in [-0.25, -0.2) is 0 Å². The Balaban J connectivity index is 2.72. The lowest BCUT2D eigenvalue weighted by Crippen LogP contribution is -2.37. The minimum Gasteiger partial charge on any atom is -0.150 e. The Morgan fingerprint density at radius 2 is 2.17 bits per heavy atom. The first-order valence-electron chi connectivity index (χ1n) is 5.13. The molecule has 0 radical (unpaired) electrons. The van der Waals surface area contributed by atoms with Crippen LogP contribution in [0.25, 0.3) is 0 Å². The zero-order valence-electron chi connectivity index (χ0n) is 8.18. The van der Waals surface area contributed by atoms with Crippen molar-refractivity contribution in [1.82, 2.24) is 0 Å². The van der Waals surface area contributed by atoms with Crippen molar-refractivity contribution in [2.24, 2.45) is 11.1 Å². The molecule has 1 saturated carbocycles. The second-order valence-corrected chi connectivity index (χ2v) is 3.90. The van der Waals surface area contributed by atoms with Crippen LogP contribution in [0, 0.1) is 10.8 Å². The topological polar surface area (TPSA) is 29.4 Å². The maximum absolute atomic E-state index is 10.8. The van der Waals surface area contributed by atoms with E-state index in [1.165, 1.54) is 19.3 Å². The first kappa shape index (κ1) is 9.69. The third-order valence-electron chi connectivity index (χ3n) is 3.46. The van der Waals surface area contributed by atoms with Crippen LogP contribution in [0.4, 0.5) is 0 Å². The van der Waals surface area contributed by atoms with Gasteiger partial charge in [0.1, 0.15) is 5.54 Å². The minimum atomic E-state index is -0.201. The summed E-state index contributed by atoms with van der Waals surface area (Å²) in [5.74, 6) is 0.550. The standard InChI is InChI=1S/C10H19NO/c1-3-9-7-5-6-8-10(9,4-2)11-12/h9H,3-8H2,1-2H3. The molecule has 12 heavy (non-hydrogen) atoms. The fraction of sp³-hybridized carbons (Fsp3) is 1.00. The van der Waals surface area contributed by atoms with Crippen LogP contribution in [-0.4, -0.2) is 5.54 Å². The summed E-state index contributed by atoms with van der Waals surface area (Å²) >= 11 is 0. The molecule has 2 nitrogen and oxygen atoms in total. The molecule has 2 unspecified atom stereocenters. The average Bonchev–Trinajstić information content (AvgIpc) is 2.17. The van der Waals surface area contributed by atoms with Crippen LogP contribution in [0.5, 0.6) is 0 Å². The molecule has 1 aliphatic rings. The predicted octanol–water partition coefficient (Wildman–Crippen LogP) is 3.50. The lowest BCUT2D eigenvalue weighted by molar-refractivity contribution is 0.178. The lowest BCUT2D eigenvalue weighted by atomic mass is 9.71. The molecular formula is C10H19NO. The number of nitroso groups, excluding NO2 is 1. The normalized spacial score (nSPS) is 36.3. The van der Waals surface area contributed by atoms with Crippen molar-refractivity contribution in [2.45, 2.75) is 57.9 Å². The monoisotopic (exact) mass is 169 g/mol. The largest absolute Gasteiger partial charge is 0.150 e. The molecule has 0 saturated heterocycles. The van der Waals surface area contributed by atoms with Gasteiger partial charge in [0.15, 0.2) is 0 Å². The van der Waals surface area contributed by atoms with Crippen molar-refractivity contribution < 1.29 is 0 Å². The minimum absolute atomic E-state index is 0.201. The Morgan fingerprint density at radius 3 is 2.58 bits per heavy atom. The smallest absolute Gasteiger partial charge is 0.105 e. The molecule has 70 valence electrons. The highest BCUT2D eigenvalue weighted by atomic mass is 16.3. The van der Waals surface area contributed by atoms with Gasteiger partial charge in [-0.3, -0.25) is 0 Å². The quantitative estimate of drug-likeness (QED) is 0.594. The van der Waals surface area contributed by atoms with E-state index < -0.39 is 0 Å². The Bertz CT molecular complexity index is 158. The molecule has 2 atom stereocenters. The van der Waals surface area contributed by atoms with Crippen molar-refractivity contribution >= 4 is 0 Å². The van der Waals surface area contributed by atoms with Gasteiger partial charge in [0, 0.05) is 0 Å². The molecule has 0 aromatic carbocycles. The molecule has 0 bridgehead atoms. The zero-order valence-corrected chi connectivity index (χ0v) is 8.18. The molecule has 1 fully saturated rings. The van der Waals surface area contributed by atoms with Gasteiger partial charge in [0.05, 0.1) is 0 Å². The zero-order chi connectivity index (χ0) is 9.03. The van der Waals surface area contributed by atoms with Crippen molar-refractivity contribution in [3.05, 3.63) is 4.91 Å². The van der Waals surface area contributed by atoms with Gasteiger partial charge in [-0.05, 0) is 25.2 Å². The maximum Gasteiger partial charge on any atom is 0.105 e. The summed E-state index contributed by atoms with van der Waals surface area (Å²) in [4.78, 5) is 10.8. The molecule has 1 rings (SSSR count). The van der Waals surface area contributed by atoms with E-state index in [-0.39, 0.29) is 5.54 Å². The van der Waals surface area contributed by atoms with Gasteiger partial charge >= 0.3 is 0 Å². The van der Waals surface area contributed by atoms with E-state index in [4.69, 9.17) is 0 Å². The summed E-state index contributed by atoms with van der Waals surface area (Å²) in [6, 6.07) is 0. The third-order valence-corrected chi connectivity index (χ3v) is 3.46. The van der Waals surface area contributed by atoms with Gasteiger partial charge in [-0.1, -0.05) is 38.3 Å². The SMILES string of the molecule is CCC1CCCCC1(CC)N=O. The highest BCUT2D eigenvalue weighted by Crippen LogP contribution is 2.40. The summed E-state index contributed by atoms with van der Waals surface area (Å²) in [6.07, 6.45) is 6.74. The Labute approximate surface area is 74.7 Å². The number of hydrogen-bond acceptors (Lipinski definition) is 2. The number of nitrogens with zero attached hydrogens (tertiary/aromatic N) is 1. The molecule has 0 aromatic heterocycles. The van der Waals surface area contributed by atoms with E-state index in [9.17, 15) is 4.91 Å². The second-order valence-electron chi connectivity index (χ2n) is 3.90. The third kappa shape index (κ3) is 1.52. The average molecular weight is 169 g/mol. The highest BCUT2D eigenvalue weighted by molar-refractivity contribution is 4.95. The van der Waals surface area contributed by atoms with Gasteiger partial charge in [-0.2, -0.15) is 4.91 Å². The van der Waals surface area contributed by atoms with Gasteiger partial charge < -0.3 is 0 Å². The maximum atomic E-state index is 10.8. The summed E-state index contributed by atoms with van der Waals surface area (Å²) in [6.45, 7) is 4.26. The Kier molecular flexibility index (Phi) is 3.24. The van der Waals surface area contributed by atoms with Crippen LogP contribution in [0.2, 0.25) is 0 Å². The molecule has 1 aliphatic carbocycles. The van der Waals surface area contributed by atoms with Crippen LogP contribution >= 0.6 is 0 Å². The Hall–Kier alpha value is -0.400. The molecule has 0 N–H and O–H groups in total. The predicted molar refractivity (Wildman–Crippen MR) is 51.1 cm³/mol. The Morgan fingerprint density at radius 1 is 1.42 bits per heavy atom. The summed E-state index contributed by atoms with van der Waals surface area (Å²) in [5, 5.41) is 3.40. The van der Waals surface area contributed by atoms with E-state index in [0.717, 1.165) is 19.3 Å². The van der Waals surface area contributed by atoms with Crippen molar-refractivity contribution in [3.8, 4) is 0 Å². The second kappa shape index (κ2) is 4.01. The van der Waals surface area contributed by atoms with Crippen LogP contribution in [-0.2, 0) is 0 Å². The number of rotatable bonds is 3. The molecule has 0 aliphatic heterocycles. The molecule has 0 amide bonds. The molecular weight excluding hydrogens is 150 g/mol. The fourth-order valence-corrected chi connectivity index (χ4v) is 2.53. The van der Waals surface area contributed by atoms with Crippen LogP contribution in [0.1, 0.15) is 52.4 Å². The van der Waals surface area contributed by atoms with E-state index in [1.54, 1.807) is 0 Å². The van der Waals surface area contributed by atoms with Gasteiger partial charge in [0.25, 0.3) is 0 Å². The van der Waals surface area contributed by atoms with E-state index in [1.807, 2.05) is 0 Å². The molecule has 0 aromatic rings. The molecule has 0 spiro atoms. The van der Waals surface area contributed by atoms with Crippen molar-refractivity contribution in [1.29, 1.82) is 0 Å². The fourth-order valence-electron chi connectivity index (χ4n) is 2.53.